The van der Waals surface area contributed by atoms with E-state index in [0.29, 0.717) is 6.54 Å². The number of nitro benzene ring substituents is 1. The Morgan fingerprint density at radius 1 is 1.27 bits per heavy atom. The van der Waals surface area contributed by atoms with Gasteiger partial charge in [0.05, 0.1) is 4.92 Å². The van der Waals surface area contributed by atoms with Crippen LogP contribution < -0.4 is 5.32 Å². The van der Waals surface area contributed by atoms with E-state index in [4.69, 9.17) is 0 Å². The Kier molecular flexibility index (Phi) is 7.85. The first-order valence-corrected chi connectivity index (χ1v) is 7.49. The van der Waals surface area contributed by atoms with Gasteiger partial charge in [0.15, 0.2) is 0 Å². The third-order valence-electron chi connectivity index (χ3n) is 3.38. The molecule has 0 saturated heterocycles. The van der Waals surface area contributed by atoms with E-state index in [-0.39, 0.29) is 11.6 Å². The molecular formula is C16H23N3O3. The van der Waals surface area contributed by atoms with E-state index in [1.54, 1.807) is 18.2 Å². The zero-order chi connectivity index (χ0) is 16.4. The van der Waals surface area contributed by atoms with Crippen molar-refractivity contribution in [2.75, 3.05) is 26.2 Å². The number of non-ortho nitro benzene ring substituents is 1. The Morgan fingerprint density at radius 3 is 2.45 bits per heavy atom. The standard InChI is InChI=1S/C16H23N3O3/c1-3-18(4-2)13-5-12-17-16(20)11-8-14-6-9-15(10-7-14)19(21)22/h6-11H,3-5,12-13H2,1-2H3,(H,17,20). The molecule has 0 saturated carbocycles. The number of nitro groups is 1. The van der Waals surface area contributed by atoms with Gasteiger partial charge in [-0.2, -0.15) is 0 Å². The number of hydrogen-bond acceptors (Lipinski definition) is 4. The molecule has 0 aliphatic rings. The molecule has 6 nitrogen and oxygen atoms in total. The van der Waals surface area contributed by atoms with E-state index in [2.05, 4.69) is 24.1 Å². The first kappa shape index (κ1) is 17.8. The van der Waals surface area contributed by atoms with E-state index in [1.165, 1.54) is 18.2 Å². The molecule has 6 heteroatoms. The van der Waals surface area contributed by atoms with E-state index < -0.39 is 4.92 Å². The van der Waals surface area contributed by atoms with Crippen LogP contribution in [0.25, 0.3) is 6.08 Å². The lowest BCUT2D eigenvalue weighted by molar-refractivity contribution is -0.384. The van der Waals surface area contributed by atoms with Crippen molar-refractivity contribution in [3.63, 3.8) is 0 Å². The summed E-state index contributed by atoms with van der Waals surface area (Å²) in [7, 11) is 0. The maximum absolute atomic E-state index is 11.7. The summed E-state index contributed by atoms with van der Waals surface area (Å²) in [5.41, 5.74) is 0.793. The summed E-state index contributed by atoms with van der Waals surface area (Å²) in [6.07, 6.45) is 4.00. The third kappa shape index (κ3) is 6.49. The minimum atomic E-state index is -0.448. The maximum Gasteiger partial charge on any atom is 0.269 e. The van der Waals surface area contributed by atoms with E-state index in [1.807, 2.05) is 0 Å². The second-order valence-corrected chi connectivity index (χ2v) is 4.85. The highest BCUT2D eigenvalue weighted by molar-refractivity contribution is 5.91. The molecule has 0 bridgehead atoms. The molecular weight excluding hydrogens is 282 g/mol. The summed E-state index contributed by atoms with van der Waals surface area (Å²) in [5.74, 6) is -0.155. The summed E-state index contributed by atoms with van der Waals surface area (Å²) in [6, 6.07) is 6.06. The molecule has 0 aliphatic carbocycles. The van der Waals surface area contributed by atoms with Crippen LogP contribution in [0, 0.1) is 10.1 Å². The lowest BCUT2D eigenvalue weighted by Crippen LogP contribution is -2.29. The van der Waals surface area contributed by atoms with Crippen LogP contribution in [0.3, 0.4) is 0 Å². The van der Waals surface area contributed by atoms with Crippen LogP contribution in [0.15, 0.2) is 30.3 Å². The maximum atomic E-state index is 11.7. The van der Waals surface area contributed by atoms with Crippen molar-refractivity contribution in [3.05, 3.63) is 46.0 Å². The Balaban J connectivity index is 2.33. The first-order chi connectivity index (χ1) is 10.6. The van der Waals surface area contributed by atoms with E-state index >= 15 is 0 Å². The van der Waals surface area contributed by atoms with Gasteiger partial charge in [-0.15, -0.1) is 0 Å². The molecule has 0 aliphatic heterocycles. The Morgan fingerprint density at radius 2 is 1.91 bits per heavy atom. The molecule has 0 aromatic heterocycles. The molecule has 1 amide bonds. The topological polar surface area (TPSA) is 75.5 Å². The summed E-state index contributed by atoms with van der Waals surface area (Å²) in [5, 5.41) is 13.4. The van der Waals surface area contributed by atoms with E-state index in [9.17, 15) is 14.9 Å². The molecule has 1 aromatic carbocycles. The zero-order valence-electron chi connectivity index (χ0n) is 13.1. The highest BCUT2D eigenvalue weighted by Gasteiger charge is 2.03. The van der Waals surface area contributed by atoms with Crippen molar-refractivity contribution < 1.29 is 9.72 Å². The monoisotopic (exact) mass is 305 g/mol. The summed E-state index contributed by atoms with van der Waals surface area (Å²) >= 11 is 0. The molecule has 22 heavy (non-hydrogen) atoms. The second kappa shape index (κ2) is 9.68. The fourth-order valence-electron chi connectivity index (χ4n) is 1.99. The van der Waals surface area contributed by atoms with Crippen molar-refractivity contribution >= 4 is 17.7 Å². The van der Waals surface area contributed by atoms with Crippen LogP contribution in [0.4, 0.5) is 5.69 Å². The minimum absolute atomic E-state index is 0.0398. The van der Waals surface area contributed by atoms with Crippen LogP contribution in [-0.4, -0.2) is 41.9 Å². The normalized spacial score (nSPS) is 11.0. The number of carbonyl (C=O) groups excluding carboxylic acids is 1. The molecule has 0 heterocycles. The number of amides is 1. The Bertz CT molecular complexity index is 508. The molecule has 0 spiro atoms. The molecule has 1 aromatic rings. The van der Waals surface area contributed by atoms with Gasteiger partial charge in [0.25, 0.3) is 5.69 Å². The van der Waals surface area contributed by atoms with Gasteiger partial charge >= 0.3 is 0 Å². The lowest BCUT2D eigenvalue weighted by atomic mass is 10.2. The molecule has 1 rings (SSSR count). The average molecular weight is 305 g/mol. The predicted molar refractivity (Wildman–Crippen MR) is 87.5 cm³/mol. The van der Waals surface area contributed by atoms with Crippen molar-refractivity contribution in [2.45, 2.75) is 20.3 Å². The predicted octanol–water partition coefficient (Wildman–Crippen LogP) is 2.46. The fourth-order valence-corrected chi connectivity index (χ4v) is 1.99. The van der Waals surface area contributed by atoms with Gasteiger partial charge in [0, 0.05) is 24.8 Å². The number of rotatable bonds is 9. The van der Waals surface area contributed by atoms with Gasteiger partial charge in [-0.3, -0.25) is 14.9 Å². The van der Waals surface area contributed by atoms with E-state index in [0.717, 1.165) is 31.6 Å². The van der Waals surface area contributed by atoms with Gasteiger partial charge in [-0.05, 0) is 49.8 Å². The second-order valence-electron chi connectivity index (χ2n) is 4.85. The number of benzene rings is 1. The Labute approximate surface area is 131 Å². The molecule has 1 N–H and O–H groups in total. The lowest BCUT2D eigenvalue weighted by Gasteiger charge is -2.17. The largest absolute Gasteiger partial charge is 0.353 e. The average Bonchev–Trinajstić information content (AvgIpc) is 2.53. The molecule has 0 unspecified atom stereocenters. The van der Waals surface area contributed by atoms with Crippen LogP contribution in [0.2, 0.25) is 0 Å². The highest BCUT2D eigenvalue weighted by Crippen LogP contribution is 2.12. The van der Waals surface area contributed by atoms with Gasteiger partial charge in [0.2, 0.25) is 5.91 Å². The van der Waals surface area contributed by atoms with Gasteiger partial charge in [-0.1, -0.05) is 13.8 Å². The highest BCUT2D eigenvalue weighted by atomic mass is 16.6. The van der Waals surface area contributed by atoms with Gasteiger partial charge < -0.3 is 10.2 Å². The summed E-state index contributed by atoms with van der Waals surface area (Å²) in [6.45, 7) is 7.89. The van der Waals surface area contributed by atoms with Crippen LogP contribution in [0.1, 0.15) is 25.8 Å². The van der Waals surface area contributed by atoms with Gasteiger partial charge in [-0.25, -0.2) is 0 Å². The molecule has 120 valence electrons. The van der Waals surface area contributed by atoms with Crippen molar-refractivity contribution in [3.8, 4) is 0 Å². The van der Waals surface area contributed by atoms with Crippen LogP contribution in [-0.2, 0) is 4.79 Å². The zero-order valence-corrected chi connectivity index (χ0v) is 13.1. The van der Waals surface area contributed by atoms with Crippen molar-refractivity contribution in [2.24, 2.45) is 0 Å². The summed E-state index contributed by atoms with van der Waals surface area (Å²) < 4.78 is 0. The minimum Gasteiger partial charge on any atom is -0.353 e. The number of carbonyl (C=O) groups is 1. The first-order valence-electron chi connectivity index (χ1n) is 7.49. The van der Waals surface area contributed by atoms with Crippen LogP contribution in [0.5, 0.6) is 0 Å². The van der Waals surface area contributed by atoms with Gasteiger partial charge in [0.1, 0.15) is 0 Å². The summed E-state index contributed by atoms with van der Waals surface area (Å²) in [4.78, 5) is 24.0. The number of nitrogens with zero attached hydrogens (tertiary/aromatic N) is 2. The number of nitrogens with one attached hydrogen (secondary N) is 1. The smallest absolute Gasteiger partial charge is 0.269 e. The van der Waals surface area contributed by atoms with Crippen molar-refractivity contribution in [1.29, 1.82) is 0 Å². The van der Waals surface area contributed by atoms with Crippen LogP contribution >= 0.6 is 0 Å². The Hall–Kier alpha value is -2.21. The SMILES string of the molecule is CCN(CC)CCCNC(=O)C=Cc1ccc([N+](=O)[O-])cc1. The van der Waals surface area contributed by atoms with Crippen molar-refractivity contribution in [1.82, 2.24) is 10.2 Å². The fraction of sp³-hybridized carbons (Fsp3) is 0.438. The molecule has 0 radical (unpaired) electrons. The molecule has 0 atom stereocenters. The number of hydrogen-bond donors (Lipinski definition) is 1. The third-order valence-corrected chi connectivity index (χ3v) is 3.38. The molecule has 0 fully saturated rings. The quantitative estimate of drug-likeness (QED) is 0.329.